The Morgan fingerprint density at radius 2 is 1.74 bits per heavy atom. The molecule has 378 valence electrons. The van der Waals surface area contributed by atoms with E-state index >= 15 is 0 Å². The third-order valence-corrected chi connectivity index (χ3v) is 14.9. The van der Waals surface area contributed by atoms with E-state index in [2.05, 4.69) is 37.8 Å². The summed E-state index contributed by atoms with van der Waals surface area (Å²) in [6.45, 7) is 4.08. The maximum absolute atomic E-state index is 14.9. The first-order chi connectivity index (χ1) is 34.5. The van der Waals surface area contributed by atoms with Gasteiger partial charge in [-0.15, -0.1) is 0 Å². The molecule has 2 N–H and O–H groups in total. The third kappa shape index (κ3) is 11.1. The standard InChI is InChI=1S/C51H53F4N9O7S/c1-32-49(33(2)70-59-32)36-13-16-48(65)62(28-36)27-34-8-5-10-38(24-34)69-30-47-58-50(60-71-47)35-17-22-63(23-18-35)72(66,67)39-14-15-44(46(26-39)68-4)56-20-7-9-37-25-40-42(57-43-19-21-61(3)29-41(43)52)11-6-12-45(40)64(37)31-51(53,54)55/h5-6,8,10-16,24-26,28,35,41,43,56-57H,17-23,27,29-31H2,1-4H3/t41-,43+/m0/s1. The number of methoxy groups -OCH3 is 1. The molecule has 2 aliphatic rings. The number of ether oxygens (including phenoxy) is 2. The van der Waals surface area contributed by atoms with E-state index in [0.717, 1.165) is 27.0 Å². The SMILES string of the molecule is COc1cc(S(=O)(=O)N2CCC(c3noc(COc4cccc(Cn5cc(-c6c(C)noc6C)ccc5=O)c4)n3)CC2)ccc1NCC#Cc1cc2c(N[C@@H]3CCN(C)C[C@@H]3F)cccc2n1CC(F)(F)F. The minimum absolute atomic E-state index is 0.000770. The number of pyridine rings is 1. The van der Waals surface area contributed by atoms with Crippen LogP contribution in [0.4, 0.5) is 28.9 Å². The second kappa shape index (κ2) is 20.9. The van der Waals surface area contributed by atoms with Gasteiger partial charge in [0, 0.05) is 72.6 Å². The van der Waals surface area contributed by atoms with E-state index in [0.29, 0.717) is 72.0 Å². The van der Waals surface area contributed by atoms with Crippen molar-refractivity contribution in [3.05, 3.63) is 130 Å². The van der Waals surface area contributed by atoms with Crippen molar-refractivity contribution in [2.24, 2.45) is 0 Å². The van der Waals surface area contributed by atoms with Gasteiger partial charge in [-0.25, -0.2) is 12.8 Å². The highest BCUT2D eigenvalue weighted by atomic mass is 32.2. The zero-order valence-electron chi connectivity index (χ0n) is 40.0. The normalized spacial score (nSPS) is 17.2. The Bertz CT molecular complexity index is 3290. The number of piperidine rings is 2. The van der Waals surface area contributed by atoms with Gasteiger partial charge in [-0.3, -0.25) is 4.79 Å². The topological polar surface area (TPSA) is 175 Å². The number of likely N-dealkylation sites (tertiary alicyclic amines) is 1. The van der Waals surface area contributed by atoms with Crippen molar-refractivity contribution in [2.75, 3.05) is 57.5 Å². The van der Waals surface area contributed by atoms with Gasteiger partial charge in [0.25, 0.3) is 11.4 Å². The summed E-state index contributed by atoms with van der Waals surface area (Å²) in [4.78, 5) is 19.3. The van der Waals surface area contributed by atoms with E-state index in [1.165, 1.54) is 29.6 Å². The van der Waals surface area contributed by atoms with Crippen LogP contribution in [-0.4, -0.2) is 107 Å². The smallest absolute Gasteiger partial charge is 0.406 e. The summed E-state index contributed by atoms with van der Waals surface area (Å²) in [7, 11) is -0.691. The fourth-order valence-corrected chi connectivity index (χ4v) is 10.8. The molecule has 0 bridgehead atoms. The molecule has 7 aromatic rings. The number of fused-ring (bicyclic) bond motifs is 1. The molecule has 0 amide bonds. The molecule has 2 saturated heterocycles. The van der Waals surface area contributed by atoms with Crippen LogP contribution in [0, 0.1) is 25.7 Å². The number of nitrogens with zero attached hydrogens (tertiary/aromatic N) is 7. The highest BCUT2D eigenvalue weighted by molar-refractivity contribution is 7.89. The fourth-order valence-electron chi connectivity index (χ4n) is 9.30. The van der Waals surface area contributed by atoms with Crippen molar-refractivity contribution in [1.29, 1.82) is 0 Å². The molecule has 2 atom stereocenters. The fraction of sp³-hybridized carbons (Fsp3) is 0.373. The first kappa shape index (κ1) is 49.8. The third-order valence-electron chi connectivity index (χ3n) is 13.0. The highest BCUT2D eigenvalue weighted by Crippen LogP contribution is 2.35. The lowest BCUT2D eigenvalue weighted by Gasteiger charge is -2.33. The van der Waals surface area contributed by atoms with E-state index < -0.39 is 35.0 Å². The average Bonchev–Trinajstić information content (AvgIpc) is 4.07. The second-order valence-electron chi connectivity index (χ2n) is 18.0. The molecule has 2 fully saturated rings. The summed E-state index contributed by atoms with van der Waals surface area (Å²) in [5, 5.41) is 15.0. The molecule has 3 aromatic carbocycles. The summed E-state index contributed by atoms with van der Waals surface area (Å²) >= 11 is 0. The van der Waals surface area contributed by atoms with Gasteiger partial charge in [0.15, 0.2) is 12.4 Å². The molecule has 0 spiro atoms. The van der Waals surface area contributed by atoms with E-state index in [9.17, 15) is 30.8 Å². The van der Waals surface area contributed by atoms with Gasteiger partial charge in [-0.1, -0.05) is 34.4 Å². The second-order valence-corrected chi connectivity index (χ2v) is 20.0. The molecule has 0 radical (unpaired) electrons. The Labute approximate surface area is 412 Å². The van der Waals surface area contributed by atoms with Crippen LogP contribution in [0.25, 0.3) is 22.0 Å². The van der Waals surface area contributed by atoms with Gasteiger partial charge < -0.3 is 43.2 Å². The predicted octanol–water partition coefficient (Wildman–Crippen LogP) is 8.14. The van der Waals surface area contributed by atoms with Crippen molar-refractivity contribution in [3.8, 4) is 34.5 Å². The maximum atomic E-state index is 14.9. The van der Waals surface area contributed by atoms with Crippen LogP contribution in [0.1, 0.15) is 59.6 Å². The molecule has 6 heterocycles. The number of anilines is 2. The Kier molecular flexibility index (Phi) is 14.5. The number of nitrogens with one attached hydrogen (secondary N) is 2. The molecule has 0 saturated carbocycles. The van der Waals surface area contributed by atoms with Gasteiger partial charge in [0.2, 0.25) is 10.0 Å². The molecular weight excluding hydrogens is 959 g/mol. The van der Waals surface area contributed by atoms with Crippen LogP contribution in [-0.2, 0) is 29.7 Å². The summed E-state index contributed by atoms with van der Waals surface area (Å²) < 4.78 is 111. The van der Waals surface area contributed by atoms with Crippen molar-refractivity contribution < 1.29 is 44.5 Å². The average molecular weight is 1010 g/mol. The number of rotatable bonds is 15. The molecule has 0 unspecified atom stereocenters. The Morgan fingerprint density at radius 1 is 0.931 bits per heavy atom. The van der Waals surface area contributed by atoms with Gasteiger partial charge in [0.05, 0.1) is 53.7 Å². The number of sulfonamides is 1. The van der Waals surface area contributed by atoms with Crippen LogP contribution in [0.3, 0.4) is 0 Å². The Morgan fingerprint density at radius 3 is 2.49 bits per heavy atom. The van der Waals surface area contributed by atoms with Gasteiger partial charge in [-0.05, 0) is 100 Å². The Hall–Kier alpha value is -7.15. The number of hydrogen-bond acceptors (Lipinski definition) is 13. The molecule has 16 nitrogen and oxygen atoms in total. The molecule has 4 aromatic heterocycles. The van der Waals surface area contributed by atoms with Crippen molar-refractivity contribution in [1.82, 2.24) is 33.6 Å². The van der Waals surface area contributed by atoms with Crippen LogP contribution in [0.15, 0.2) is 104 Å². The van der Waals surface area contributed by atoms with Crippen LogP contribution < -0.4 is 25.7 Å². The molecule has 72 heavy (non-hydrogen) atoms. The summed E-state index contributed by atoms with van der Waals surface area (Å²) in [6, 6.07) is 21.1. The number of aromatic nitrogens is 5. The zero-order valence-corrected chi connectivity index (χ0v) is 40.8. The summed E-state index contributed by atoms with van der Waals surface area (Å²) in [6.07, 6.45) is -2.45. The lowest BCUT2D eigenvalue weighted by Crippen LogP contribution is -2.46. The molecule has 9 rings (SSSR count). The monoisotopic (exact) mass is 1010 g/mol. The number of hydrogen-bond donors (Lipinski definition) is 2. The lowest BCUT2D eigenvalue weighted by atomic mass is 9.98. The largest absolute Gasteiger partial charge is 0.495 e. The van der Waals surface area contributed by atoms with Crippen molar-refractivity contribution in [2.45, 2.75) is 82.0 Å². The molecule has 21 heteroatoms. The van der Waals surface area contributed by atoms with Gasteiger partial charge in [0.1, 0.15) is 30.0 Å². The zero-order chi connectivity index (χ0) is 50.7. The Balaban J connectivity index is 0.793. The predicted molar refractivity (Wildman–Crippen MR) is 261 cm³/mol. The van der Waals surface area contributed by atoms with E-state index in [1.807, 2.05) is 44.0 Å². The first-order valence-corrected chi connectivity index (χ1v) is 24.8. The van der Waals surface area contributed by atoms with Crippen LogP contribution >= 0.6 is 0 Å². The molecule has 0 aliphatic carbocycles. The van der Waals surface area contributed by atoms with E-state index in [1.54, 1.807) is 53.2 Å². The van der Waals surface area contributed by atoms with Crippen molar-refractivity contribution >= 4 is 32.3 Å². The first-order valence-electron chi connectivity index (χ1n) is 23.4. The maximum Gasteiger partial charge on any atom is 0.406 e. The molecular formula is C51H53F4N9O7S. The van der Waals surface area contributed by atoms with Gasteiger partial charge in [-0.2, -0.15) is 22.5 Å². The van der Waals surface area contributed by atoms with E-state index in [4.69, 9.17) is 18.5 Å². The van der Waals surface area contributed by atoms with E-state index in [-0.39, 0.29) is 66.5 Å². The number of benzene rings is 3. The van der Waals surface area contributed by atoms with Crippen LogP contribution in [0.5, 0.6) is 11.5 Å². The summed E-state index contributed by atoms with van der Waals surface area (Å²) in [5.74, 6) is 7.77. The molecule has 2 aliphatic heterocycles. The lowest BCUT2D eigenvalue weighted by molar-refractivity contribution is -0.140. The van der Waals surface area contributed by atoms with Gasteiger partial charge >= 0.3 is 6.18 Å². The highest BCUT2D eigenvalue weighted by Gasteiger charge is 2.34. The van der Waals surface area contributed by atoms with Crippen LogP contribution in [0.2, 0.25) is 0 Å². The number of halogens is 4. The summed E-state index contributed by atoms with van der Waals surface area (Å²) in [5.41, 5.74) is 4.50. The minimum atomic E-state index is -4.53. The number of aryl methyl sites for hydroxylation is 2. The van der Waals surface area contributed by atoms with Crippen molar-refractivity contribution in [3.63, 3.8) is 0 Å². The quantitative estimate of drug-likeness (QED) is 0.0745. The number of alkyl halides is 4. The minimum Gasteiger partial charge on any atom is -0.495 e.